The number of fused-ring (bicyclic) bond motifs is 1. The first-order chi connectivity index (χ1) is 12.9. The van der Waals surface area contributed by atoms with Crippen LogP contribution in [-0.2, 0) is 25.1 Å². The van der Waals surface area contributed by atoms with E-state index in [2.05, 4.69) is 5.32 Å². The van der Waals surface area contributed by atoms with Crippen LogP contribution in [-0.4, -0.2) is 42.7 Å². The molecule has 0 bridgehead atoms. The standard InChI is InChI=1S/C19H23NO6S2/c1-19(2,13-5-8-16-17(9-13)26-12-25-16)11-20-15-7-6-14(27(3,21)22)10-18(15)28(4,23)24/h5-10,20H,11-12H2,1-4H3. The molecule has 7 nitrogen and oxygen atoms in total. The summed E-state index contributed by atoms with van der Waals surface area (Å²) in [6, 6.07) is 9.79. The van der Waals surface area contributed by atoms with E-state index in [0.29, 0.717) is 23.7 Å². The summed E-state index contributed by atoms with van der Waals surface area (Å²) >= 11 is 0. The number of nitrogens with one attached hydrogen (secondary N) is 1. The summed E-state index contributed by atoms with van der Waals surface area (Å²) in [5, 5.41) is 3.16. The Kier molecular flexibility index (Phi) is 5.09. The van der Waals surface area contributed by atoms with Gasteiger partial charge in [-0.1, -0.05) is 19.9 Å². The van der Waals surface area contributed by atoms with Crippen molar-refractivity contribution in [3.8, 4) is 11.5 Å². The fourth-order valence-corrected chi connectivity index (χ4v) is 4.52. The average molecular weight is 426 g/mol. The first-order valence-corrected chi connectivity index (χ1v) is 12.3. The molecule has 1 aliphatic rings. The molecule has 0 radical (unpaired) electrons. The lowest BCUT2D eigenvalue weighted by molar-refractivity contribution is 0.174. The van der Waals surface area contributed by atoms with Crippen LogP contribution in [0.15, 0.2) is 46.2 Å². The lowest BCUT2D eigenvalue weighted by Crippen LogP contribution is -2.28. The maximum Gasteiger partial charge on any atom is 0.231 e. The first-order valence-electron chi connectivity index (χ1n) is 8.56. The van der Waals surface area contributed by atoms with E-state index < -0.39 is 19.7 Å². The second-order valence-corrected chi connectivity index (χ2v) is 11.5. The van der Waals surface area contributed by atoms with Crippen LogP contribution in [0.25, 0.3) is 0 Å². The highest BCUT2D eigenvalue weighted by atomic mass is 32.2. The van der Waals surface area contributed by atoms with Crippen molar-refractivity contribution < 1.29 is 26.3 Å². The molecule has 0 amide bonds. The van der Waals surface area contributed by atoms with Gasteiger partial charge >= 0.3 is 0 Å². The van der Waals surface area contributed by atoms with E-state index in [-0.39, 0.29) is 22.0 Å². The van der Waals surface area contributed by atoms with Crippen LogP contribution >= 0.6 is 0 Å². The van der Waals surface area contributed by atoms with Gasteiger partial charge in [-0.15, -0.1) is 0 Å². The van der Waals surface area contributed by atoms with Crippen LogP contribution in [0, 0.1) is 0 Å². The van der Waals surface area contributed by atoms with Crippen LogP contribution < -0.4 is 14.8 Å². The van der Waals surface area contributed by atoms with E-state index >= 15 is 0 Å². The van der Waals surface area contributed by atoms with Crippen molar-refractivity contribution in [1.82, 2.24) is 0 Å². The zero-order valence-electron chi connectivity index (χ0n) is 16.1. The van der Waals surface area contributed by atoms with Crippen molar-refractivity contribution >= 4 is 25.4 Å². The van der Waals surface area contributed by atoms with Crippen molar-refractivity contribution in [2.24, 2.45) is 0 Å². The van der Waals surface area contributed by atoms with E-state index in [9.17, 15) is 16.8 Å². The number of ether oxygens (including phenoxy) is 2. The highest BCUT2D eigenvalue weighted by molar-refractivity contribution is 7.91. The monoisotopic (exact) mass is 425 g/mol. The van der Waals surface area contributed by atoms with Crippen molar-refractivity contribution in [2.75, 3.05) is 31.2 Å². The van der Waals surface area contributed by atoms with Crippen LogP contribution in [0.4, 0.5) is 5.69 Å². The minimum atomic E-state index is -3.62. The van der Waals surface area contributed by atoms with E-state index in [4.69, 9.17) is 9.47 Å². The third-order valence-corrected chi connectivity index (χ3v) is 6.90. The Bertz CT molecular complexity index is 1120. The molecule has 3 rings (SSSR count). The van der Waals surface area contributed by atoms with Gasteiger partial charge in [0.25, 0.3) is 0 Å². The largest absolute Gasteiger partial charge is 0.454 e. The van der Waals surface area contributed by atoms with Crippen LogP contribution in [0.1, 0.15) is 19.4 Å². The van der Waals surface area contributed by atoms with Crippen LogP contribution in [0.5, 0.6) is 11.5 Å². The molecule has 1 heterocycles. The van der Waals surface area contributed by atoms with Gasteiger partial charge in [-0.25, -0.2) is 16.8 Å². The van der Waals surface area contributed by atoms with Gasteiger partial charge in [-0.3, -0.25) is 0 Å². The Labute approximate surface area is 165 Å². The number of rotatable bonds is 6. The Morgan fingerprint density at radius 2 is 1.61 bits per heavy atom. The fourth-order valence-electron chi connectivity index (χ4n) is 2.92. The number of hydrogen-bond acceptors (Lipinski definition) is 7. The fraction of sp³-hybridized carbons (Fsp3) is 0.368. The molecule has 0 saturated carbocycles. The number of sulfone groups is 2. The van der Waals surface area contributed by atoms with Gasteiger partial charge in [-0.2, -0.15) is 0 Å². The lowest BCUT2D eigenvalue weighted by Gasteiger charge is -2.27. The molecule has 2 aromatic carbocycles. The highest BCUT2D eigenvalue weighted by Crippen LogP contribution is 2.36. The Morgan fingerprint density at radius 3 is 2.25 bits per heavy atom. The zero-order chi connectivity index (χ0) is 20.7. The average Bonchev–Trinajstić information content (AvgIpc) is 3.06. The van der Waals surface area contributed by atoms with E-state index in [1.54, 1.807) is 0 Å². The van der Waals surface area contributed by atoms with Gasteiger partial charge in [0.2, 0.25) is 6.79 Å². The second kappa shape index (κ2) is 6.97. The van der Waals surface area contributed by atoms with Crippen molar-refractivity contribution in [3.05, 3.63) is 42.0 Å². The molecular formula is C19H23NO6S2. The summed E-state index contributed by atoms with van der Waals surface area (Å²) in [7, 11) is -7.13. The van der Waals surface area contributed by atoms with E-state index in [1.807, 2.05) is 32.0 Å². The molecule has 1 aliphatic heterocycles. The van der Waals surface area contributed by atoms with Gasteiger partial charge in [0.15, 0.2) is 31.2 Å². The zero-order valence-corrected chi connectivity index (χ0v) is 17.8. The van der Waals surface area contributed by atoms with E-state index in [0.717, 1.165) is 18.1 Å². The molecule has 1 N–H and O–H groups in total. The predicted octanol–water partition coefficient (Wildman–Crippen LogP) is 2.61. The van der Waals surface area contributed by atoms with Crippen molar-refractivity contribution in [2.45, 2.75) is 29.1 Å². The molecule has 9 heteroatoms. The number of hydrogen-bond donors (Lipinski definition) is 1. The summed E-state index contributed by atoms with van der Waals surface area (Å²) in [5.74, 6) is 1.38. The highest BCUT2D eigenvalue weighted by Gasteiger charge is 2.25. The lowest BCUT2D eigenvalue weighted by atomic mass is 9.84. The molecular weight excluding hydrogens is 402 g/mol. The van der Waals surface area contributed by atoms with Crippen LogP contribution in [0.3, 0.4) is 0 Å². The van der Waals surface area contributed by atoms with Gasteiger partial charge in [0, 0.05) is 24.5 Å². The van der Waals surface area contributed by atoms with Gasteiger partial charge in [0.1, 0.15) is 0 Å². The smallest absolute Gasteiger partial charge is 0.231 e. The van der Waals surface area contributed by atoms with Crippen molar-refractivity contribution in [3.63, 3.8) is 0 Å². The number of benzene rings is 2. The molecule has 0 saturated heterocycles. The third kappa shape index (κ3) is 4.25. The Hall–Kier alpha value is -2.26. The molecule has 0 aromatic heterocycles. The summed E-state index contributed by atoms with van der Waals surface area (Å²) in [6.07, 6.45) is 2.10. The van der Waals surface area contributed by atoms with Crippen LogP contribution in [0.2, 0.25) is 0 Å². The third-order valence-electron chi connectivity index (χ3n) is 4.66. The minimum Gasteiger partial charge on any atom is -0.454 e. The minimum absolute atomic E-state index is 0.0338. The normalized spacial score (nSPS) is 14.1. The summed E-state index contributed by atoms with van der Waals surface area (Å²) in [4.78, 5) is -0.0783. The van der Waals surface area contributed by atoms with Gasteiger partial charge < -0.3 is 14.8 Å². The topological polar surface area (TPSA) is 98.8 Å². The Balaban J connectivity index is 1.89. The molecule has 0 atom stereocenters. The Morgan fingerprint density at radius 1 is 0.929 bits per heavy atom. The summed E-state index contributed by atoms with van der Waals surface area (Å²) < 4.78 is 58.7. The summed E-state index contributed by atoms with van der Waals surface area (Å²) in [5.41, 5.74) is 1.01. The molecule has 0 fully saturated rings. The van der Waals surface area contributed by atoms with Gasteiger partial charge in [-0.05, 0) is 35.9 Å². The van der Waals surface area contributed by atoms with Crippen molar-refractivity contribution in [1.29, 1.82) is 0 Å². The quantitative estimate of drug-likeness (QED) is 0.759. The molecule has 0 aliphatic carbocycles. The first kappa shape index (κ1) is 20.5. The molecule has 0 spiro atoms. The molecule has 152 valence electrons. The maximum atomic E-state index is 12.2. The molecule has 28 heavy (non-hydrogen) atoms. The summed E-state index contributed by atoms with van der Waals surface area (Å²) in [6.45, 7) is 4.65. The SMILES string of the molecule is CC(C)(CNc1ccc(S(C)(=O)=O)cc1S(C)(=O)=O)c1ccc2c(c1)OCO2. The van der Waals surface area contributed by atoms with Gasteiger partial charge in [0.05, 0.1) is 15.5 Å². The van der Waals surface area contributed by atoms with E-state index in [1.165, 1.54) is 18.2 Å². The predicted molar refractivity (Wildman–Crippen MR) is 107 cm³/mol. The molecule has 2 aromatic rings. The second-order valence-electron chi connectivity index (χ2n) is 7.51. The molecule has 0 unspecified atom stereocenters. The maximum absolute atomic E-state index is 12.2. The number of anilines is 1.